The minimum absolute atomic E-state index is 0.164. The molecule has 4 aromatic rings. The first kappa shape index (κ1) is 24.9. The van der Waals surface area contributed by atoms with Crippen LogP contribution in [0, 0.1) is 0 Å². The molecule has 0 saturated heterocycles. The van der Waals surface area contributed by atoms with Gasteiger partial charge in [0.15, 0.2) is 0 Å². The fourth-order valence-electron chi connectivity index (χ4n) is 3.77. The summed E-state index contributed by atoms with van der Waals surface area (Å²) in [5, 5.41) is 9.45. The fourth-order valence-corrected chi connectivity index (χ4v) is 4.46. The summed E-state index contributed by atoms with van der Waals surface area (Å²) in [5.41, 5.74) is 2.45. The first-order valence-corrected chi connectivity index (χ1v) is 11.8. The summed E-state index contributed by atoms with van der Waals surface area (Å²) in [5.74, 6) is 1.63. The van der Waals surface area contributed by atoms with Crippen molar-refractivity contribution < 1.29 is 4.74 Å². The van der Waals surface area contributed by atoms with E-state index in [1.165, 1.54) is 0 Å². The molecular weight excluding hydrogens is 507 g/mol. The van der Waals surface area contributed by atoms with Crippen molar-refractivity contribution in [3.05, 3.63) is 101 Å². The van der Waals surface area contributed by atoms with Gasteiger partial charge in [-0.05, 0) is 36.2 Å². The average molecular weight is 530 g/mol. The van der Waals surface area contributed by atoms with Crippen LogP contribution in [-0.4, -0.2) is 31.4 Å². The van der Waals surface area contributed by atoms with E-state index in [0.717, 1.165) is 22.8 Å². The predicted molar refractivity (Wildman–Crippen MR) is 142 cm³/mol. The number of aromatic nitrogens is 5. The van der Waals surface area contributed by atoms with Gasteiger partial charge in [-0.15, -0.1) is 18.3 Å². The number of benzene rings is 2. The third-order valence-electron chi connectivity index (χ3n) is 5.32. The molecule has 1 N–H and O–H groups in total. The Bertz CT molecular complexity index is 1360. The van der Waals surface area contributed by atoms with E-state index in [0.29, 0.717) is 39.9 Å². The number of nitrogens with zero attached hydrogens (tertiary/aromatic N) is 5. The second kappa shape index (κ2) is 11.0. The highest BCUT2D eigenvalue weighted by Crippen LogP contribution is 2.35. The molecule has 0 aliphatic carbocycles. The molecule has 1 unspecified atom stereocenters. The highest BCUT2D eigenvalue weighted by Gasteiger charge is 2.23. The Morgan fingerprint density at radius 3 is 2.60 bits per heavy atom. The van der Waals surface area contributed by atoms with E-state index in [1.54, 1.807) is 41.0 Å². The van der Waals surface area contributed by atoms with Gasteiger partial charge in [0.1, 0.15) is 23.1 Å². The van der Waals surface area contributed by atoms with Crippen molar-refractivity contribution in [2.75, 3.05) is 12.4 Å². The zero-order valence-corrected chi connectivity index (χ0v) is 21.2. The number of methoxy groups -OCH3 is 1. The number of anilines is 2. The lowest BCUT2D eigenvalue weighted by Crippen LogP contribution is -2.11. The van der Waals surface area contributed by atoms with Crippen LogP contribution in [-0.2, 0) is 6.54 Å². The van der Waals surface area contributed by atoms with Crippen LogP contribution in [0.15, 0.2) is 74.2 Å². The van der Waals surface area contributed by atoms with Crippen LogP contribution in [0.25, 0.3) is 5.69 Å². The minimum atomic E-state index is -0.164. The second-order valence-corrected chi connectivity index (χ2v) is 8.85. The van der Waals surface area contributed by atoms with Crippen molar-refractivity contribution in [2.24, 2.45) is 0 Å². The quantitative estimate of drug-likeness (QED) is 0.222. The number of halogens is 3. The fraction of sp³-hybridized carbons (Fsp3) is 0.160. The van der Waals surface area contributed by atoms with Crippen molar-refractivity contribution in [1.82, 2.24) is 24.3 Å². The lowest BCUT2D eigenvalue weighted by molar-refractivity contribution is 0.413. The second-order valence-electron chi connectivity index (χ2n) is 7.62. The number of nitrogens with one attached hydrogen (secondary N) is 1. The summed E-state index contributed by atoms with van der Waals surface area (Å²) in [7, 11) is 1.60. The number of ether oxygens (including phenoxy) is 1. The van der Waals surface area contributed by atoms with Gasteiger partial charge in [-0.25, -0.2) is 9.67 Å². The molecule has 0 radical (unpaired) electrons. The summed E-state index contributed by atoms with van der Waals surface area (Å²) >= 11 is 18.6. The zero-order valence-electron chi connectivity index (χ0n) is 19.0. The van der Waals surface area contributed by atoms with E-state index in [2.05, 4.69) is 28.6 Å². The highest BCUT2D eigenvalue weighted by atomic mass is 35.5. The van der Waals surface area contributed by atoms with Gasteiger partial charge in [0, 0.05) is 33.9 Å². The molecule has 35 heavy (non-hydrogen) atoms. The molecule has 10 heteroatoms. The number of imidazole rings is 1. The number of hydrogen-bond acceptors (Lipinski definition) is 5. The molecule has 180 valence electrons. The van der Waals surface area contributed by atoms with Crippen LogP contribution in [0.5, 0.6) is 5.75 Å². The molecule has 0 aliphatic heterocycles. The van der Waals surface area contributed by atoms with Crippen LogP contribution in [0.3, 0.4) is 0 Å². The summed E-state index contributed by atoms with van der Waals surface area (Å²) in [6, 6.07) is 11.1. The summed E-state index contributed by atoms with van der Waals surface area (Å²) in [6.07, 6.45) is 7.55. The SMILES string of the molecule is C=CCC(c1ccc(Cl)cc1Cl)c1nc(Nc2ccc(-n3cnc(Cl)c3)c(OC)c2)nn1CC=C. The Kier molecular flexibility index (Phi) is 7.80. The molecule has 0 aliphatic rings. The van der Waals surface area contributed by atoms with Gasteiger partial charge < -0.3 is 14.6 Å². The number of hydrogen-bond donors (Lipinski definition) is 1. The van der Waals surface area contributed by atoms with Gasteiger partial charge in [-0.2, -0.15) is 4.98 Å². The minimum Gasteiger partial charge on any atom is -0.494 e. The van der Waals surface area contributed by atoms with Crippen LogP contribution >= 0.6 is 34.8 Å². The van der Waals surface area contributed by atoms with E-state index in [1.807, 2.05) is 36.4 Å². The van der Waals surface area contributed by atoms with Crippen LogP contribution in [0.4, 0.5) is 11.6 Å². The third-order valence-corrected chi connectivity index (χ3v) is 6.08. The highest BCUT2D eigenvalue weighted by molar-refractivity contribution is 6.35. The molecular formula is C25H23Cl3N6O. The zero-order chi connectivity index (χ0) is 24.9. The third kappa shape index (κ3) is 5.53. The standard InChI is InChI=1S/C25H23Cl3N6O/c1-4-6-19(18-9-7-16(26)12-20(18)27)24-31-25(32-34(24)11-5-2)30-17-8-10-21(22(13-17)35-3)33-14-23(28)29-15-33/h4-5,7-10,12-15,19H,1-2,6,11H2,3H3,(H,30,32). The molecule has 1 atom stereocenters. The lowest BCUT2D eigenvalue weighted by atomic mass is 9.94. The van der Waals surface area contributed by atoms with Crippen molar-refractivity contribution in [1.29, 1.82) is 0 Å². The van der Waals surface area contributed by atoms with Crippen molar-refractivity contribution in [3.8, 4) is 11.4 Å². The maximum Gasteiger partial charge on any atom is 0.246 e. The summed E-state index contributed by atoms with van der Waals surface area (Å²) in [4.78, 5) is 8.86. The molecule has 2 aromatic heterocycles. The van der Waals surface area contributed by atoms with Gasteiger partial charge in [0.25, 0.3) is 0 Å². The number of allylic oxidation sites excluding steroid dienone is 2. The monoisotopic (exact) mass is 528 g/mol. The maximum atomic E-state index is 6.54. The van der Waals surface area contributed by atoms with E-state index >= 15 is 0 Å². The van der Waals surface area contributed by atoms with Crippen LogP contribution in [0.1, 0.15) is 23.7 Å². The topological polar surface area (TPSA) is 69.8 Å². The van der Waals surface area contributed by atoms with Gasteiger partial charge in [-0.1, -0.05) is 53.0 Å². The van der Waals surface area contributed by atoms with Gasteiger partial charge >= 0.3 is 0 Å². The Morgan fingerprint density at radius 1 is 1.11 bits per heavy atom. The molecule has 0 fully saturated rings. The number of rotatable bonds is 10. The van der Waals surface area contributed by atoms with E-state index in [4.69, 9.17) is 44.5 Å². The van der Waals surface area contributed by atoms with Gasteiger partial charge in [0.05, 0.1) is 19.3 Å². The Balaban J connectivity index is 1.69. The normalized spacial score (nSPS) is 11.8. The summed E-state index contributed by atoms with van der Waals surface area (Å²) in [6.45, 7) is 8.24. The molecule has 0 amide bonds. The Labute approximate surface area is 218 Å². The maximum absolute atomic E-state index is 6.54. The van der Waals surface area contributed by atoms with Crippen LogP contribution in [0.2, 0.25) is 15.2 Å². The molecule has 0 saturated carbocycles. The van der Waals surface area contributed by atoms with E-state index < -0.39 is 0 Å². The molecule has 7 nitrogen and oxygen atoms in total. The smallest absolute Gasteiger partial charge is 0.246 e. The first-order valence-electron chi connectivity index (χ1n) is 10.7. The van der Waals surface area contributed by atoms with Crippen molar-refractivity contribution in [3.63, 3.8) is 0 Å². The Hall–Kier alpha value is -3.26. The van der Waals surface area contributed by atoms with Crippen molar-refractivity contribution in [2.45, 2.75) is 18.9 Å². The molecule has 4 rings (SSSR count). The van der Waals surface area contributed by atoms with E-state index in [-0.39, 0.29) is 5.92 Å². The van der Waals surface area contributed by atoms with Gasteiger partial charge in [-0.3, -0.25) is 0 Å². The van der Waals surface area contributed by atoms with Crippen molar-refractivity contribution >= 4 is 46.4 Å². The van der Waals surface area contributed by atoms with E-state index in [9.17, 15) is 0 Å². The van der Waals surface area contributed by atoms with Gasteiger partial charge in [0.2, 0.25) is 5.95 Å². The predicted octanol–water partition coefficient (Wildman–Crippen LogP) is 7.07. The largest absolute Gasteiger partial charge is 0.494 e. The molecule has 0 bridgehead atoms. The van der Waals surface area contributed by atoms with Crippen LogP contribution < -0.4 is 10.1 Å². The molecule has 2 aromatic carbocycles. The first-order chi connectivity index (χ1) is 16.9. The lowest BCUT2D eigenvalue weighted by Gasteiger charge is -2.17. The molecule has 0 spiro atoms. The summed E-state index contributed by atoms with van der Waals surface area (Å²) < 4.78 is 9.16. The Morgan fingerprint density at radius 2 is 1.94 bits per heavy atom. The average Bonchev–Trinajstić information content (AvgIpc) is 3.44. The molecule has 2 heterocycles.